The Morgan fingerprint density at radius 1 is 0.891 bits per heavy atom. The van der Waals surface area contributed by atoms with Crippen LogP contribution in [0.1, 0.15) is 27.0 Å². The molecule has 12 nitrogen and oxygen atoms in total. The number of rotatable bonds is 7. The number of anilines is 3. The molecule has 2 aromatic carbocycles. The third kappa shape index (κ3) is 9.09. The van der Waals surface area contributed by atoms with E-state index >= 15 is 0 Å². The number of amides is 1. The number of piperazine rings is 1. The zero-order valence-electron chi connectivity index (χ0n) is 24.6. The largest absolute Gasteiger partial charge is 0.573 e. The van der Waals surface area contributed by atoms with Gasteiger partial charge in [0.15, 0.2) is 0 Å². The minimum Gasteiger partial charge on any atom is -0.475 e. The quantitative estimate of drug-likeness (QED) is 0.322. The fourth-order valence-corrected chi connectivity index (χ4v) is 4.58. The third-order valence-corrected chi connectivity index (χ3v) is 6.98. The molecule has 1 fully saturated rings. The summed E-state index contributed by atoms with van der Waals surface area (Å²) in [6, 6.07) is 11.1. The smallest absolute Gasteiger partial charge is 0.475 e. The Kier molecular flexibility index (Phi) is 10.4. The summed E-state index contributed by atoms with van der Waals surface area (Å²) in [6.07, 6.45) is -9.90. The first-order valence-electron chi connectivity index (χ1n) is 13.8. The molecule has 1 saturated heterocycles. The van der Waals surface area contributed by atoms with Crippen molar-refractivity contribution in [2.24, 2.45) is 0 Å². The molecule has 5 rings (SSSR count). The number of benzene rings is 2. The summed E-state index contributed by atoms with van der Waals surface area (Å²) in [5.74, 6) is -1.83. The highest BCUT2D eigenvalue weighted by Gasteiger charge is 2.38. The summed E-state index contributed by atoms with van der Waals surface area (Å²) in [6.45, 7) is 4.49. The average Bonchev–Trinajstić information content (AvgIpc) is 3.43. The van der Waals surface area contributed by atoms with Crippen LogP contribution >= 0.6 is 0 Å². The van der Waals surface area contributed by atoms with Crippen molar-refractivity contribution < 1.29 is 45.8 Å². The summed E-state index contributed by atoms with van der Waals surface area (Å²) in [5.41, 5.74) is 2.63. The van der Waals surface area contributed by atoms with E-state index in [1.165, 1.54) is 18.2 Å². The van der Waals surface area contributed by atoms with E-state index in [1.807, 2.05) is 11.0 Å². The molecule has 0 atom stereocenters. The highest BCUT2D eigenvalue weighted by Crippen LogP contribution is 2.29. The Morgan fingerprint density at radius 3 is 2.11 bits per heavy atom. The van der Waals surface area contributed by atoms with Gasteiger partial charge in [-0.1, -0.05) is 24.3 Å². The van der Waals surface area contributed by atoms with Crippen molar-refractivity contribution in [1.82, 2.24) is 25.2 Å². The van der Waals surface area contributed by atoms with Crippen LogP contribution in [0.4, 0.5) is 44.2 Å². The number of carbonyl (C=O) groups is 2. The lowest BCUT2D eigenvalue weighted by atomic mass is 10.1. The molecule has 3 N–H and O–H groups in total. The number of aromatic nitrogens is 3. The van der Waals surface area contributed by atoms with E-state index in [4.69, 9.17) is 14.9 Å². The Labute approximate surface area is 259 Å². The number of aliphatic carboxylic acids is 1. The molecule has 2 aliphatic heterocycles. The molecule has 3 aromatic rings. The minimum absolute atomic E-state index is 0.110. The van der Waals surface area contributed by atoms with Crippen LogP contribution in [-0.4, -0.2) is 89.6 Å². The number of alkyl halides is 6. The zero-order chi connectivity index (χ0) is 33.6. The fraction of sp³-hybridized carbons (Fsp3) is 0.393. The minimum atomic E-state index is -5.08. The van der Waals surface area contributed by atoms with Crippen LogP contribution < -0.4 is 25.2 Å². The summed E-state index contributed by atoms with van der Waals surface area (Å²) >= 11 is 0. The Morgan fingerprint density at radius 2 is 1.50 bits per heavy atom. The van der Waals surface area contributed by atoms with Crippen LogP contribution in [0.2, 0.25) is 0 Å². The number of para-hydroxylation sites is 1. The number of nitrogens with zero attached hydrogens (tertiary/aromatic N) is 6. The van der Waals surface area contributed by atoms with Crippen molar-refractivity contribution >= 4 is 29.7 Å². The van der Waals surface area contributed by atoms with E-state index in [9.17, 15) is 31.1 Å². The van der Waals surface area contributed by atoms with Crippen molar-refractivity contribution in [2.75, 3.05) is 55.4 Å². The first-order valence-corrected chi connectivity index (χ1v) is 13.8. The third-order valence-electron chi connectivity index (χ3n) is 6.98. The van der Waals surface area contributed by atoms with Gasteiger partial charge in [0.1, 0.15) is 5.75 Å². The second-order valence-corrected chi connectivity index (χ2v) is 10.3. The van der Waals surface area contributed by atoms with Crippen molar-refractivity contribution in [2.45, 2.75) is 32.2 Å². The van der Waals surface area contributed by atoms with E-state index < -0.39 is 24.4 Å². The SMILES string of the molecule is CNc1nc(N2CCN(C)CC2)nc(N2Cc3ccc(C(=O)NCc4ccccc4OC(F)(F)F)cc3C2)n1.O=C(O)C(F)(F)F. The number of likely N-dealkylation sites (N-methyl/N-ethyl adjacent to an activating group) is 1. The van der Waals surface area contributed by atoms with Gasteiger partial charge in [0, 0.05) is 64.0 Å². The summed E-state index contributed by atoms with van der Waals surface area (Å²) in [4.78, 5) is 42.1. The monoisotopic (exact) mass is 656 g/mol. The van der Waals surface area contributed by atoms with Gasteiger partial charge < -0.3 is 35.2 Å². The number of carboxylic acid groups (broad SMARTS) is 1. The van der Waals surface area contributed by atoms with E-state index in [-0.39, 0.29) is 17.9 Å². The second-order valence-electron chi connectivity index (χ2n) is 10.3. The molecule has 0 aliphatic carbocycles. The van der Waals surface area contributed by atoms with E-state index in [0.29, 0.717) is 36.5 Å². The predicted octanol–water partition coefficient (Wildman–Crippen LogP) is 3.65. The second kappa shape index (κ2) is 14.1. The molecular formula is C28H30F6N8O4. The van der Waals surface area contributed by atoms with Crippen LogP contribution in [0.5, 0.6) is 5.75 Å². The molecule has 2 aliphatic rings. The van der Waals surface area contributed by atoms with Gasteiger partial charge in [-0.25, -0.2) is 4.79 Å². The summed E-state index contributed by atoms with van der Waals surface area (Å²) < 4.78 is 73.9. The van der Waals surface area contributed by atoms with Crippen LogP contribution in [0.3, 0.4) is 0 Å². The van der Waals surface area contributed by atoms with Crippen LogP contribution in [0.15, 0.2) is 42.5 Å². The Hall–Kier alpha value is -4.87. The molecule has 1 aromatic heterocycles. The van der Waals surface area contributed by atoms with Gasteiger partial charge in [0.25, 0.3) is 5.91 Å². The van der Waals surface area contributed by atoms with Gasteiger partial charge in [-0.3, -0.25) is 4.79 Å². The van der Waals surface area contributed by atoms with Crippen LogP contribution in [0.25, 0.3) is 0 Å². The topological polar surface area (TPSA) is 136 Å². The predicted molar refractivity (Wildman–Crippen MR) is 153 cm³/mol. The molecule has 0 bridgehead atoms. The number of hydrogen-bond donors (Lipinski definition) is 3. The average molecular weight is 657 g/mol. The van der Waals surface area contributed by atoms with Gasteiger partial charge in [-0.05, 0) is 36.4 Å². The first-order chi connectivity index (χ1) is 21.6. The van der Waals surface area contributed by atoms with Crippen molar-refractivity contribution in [3.63, 3.8) is 0 Å². The van der Waals surface area contributed by atoms with Crippen LogP contribution in [0, 0.1) is 0 Å². The van der Waals surface area contributed by atoms with Gasteiger partial charge in [0.2, 0.25) is 17.8 Å². The molecule has 18 heteroatoms. The molecule has 3 heterocycles. The number of fused-ring (bicyclic) bond motifs is 1. The lowest BCUT2D eigenvalue weighted by Crippen LogP contribution is -2.45. The normalized spacial score (nSPS) is 15.0. The molecular weight excluding hydrogens is 626 g/mol. The van der Waals surface area contributed by atoms with E-state index in [2.05, 4.69) is 42.2 Å². The highest BCUT2D eigenvalue weighted by molar-refractivity contribution is 5.94. The van der Waals surface area contributed by atoms with Crippen LogP contribution in [-0.2, 0) is 24.4 Å². The van der Waals surface area contributed by atoms with Crippen molar-refractivity contribution in [3.8, 4) is 5.75 Å². The zero-order valence-corrected chi connectivity index (χ0v) is 24.6. The van der Waals surface area contributed by atoms with E-state index in [0.717, 1.165) is 37.3 Å². The molecule has 0 saturated carbocycles. The molecule has 0 radical (unpaired) electrons. The maximum atomic E-state index is 12.9. The molecule has 248 valence electrons. The maximum absolute atomic E-state index is 12.9. The molecule has 0 unspecified atom stereocenters. The van der Waals surface area contributed by atoms with E-state index in [1.54, 1.807) is 25.2 Å². The lowest BCUT2D eigenvalue weighted by molar-refractivity contribution is -0.274. The van der Waals surface area contributed by atoms with Gasteiger partial charge in [0.05, 0.1) is 0 Å². The Balaban J connectivity index is 0.000000617. The highest BCUT2D eigenvalue weighted by atomic mass is 19.4. The van der Waals surface area contributed by atoms with Crippen molar-refractivity contribution in [3.05, 3.63) is 64.7 Å². The molecule has 46 heavy (non-hydrogen) atoms. The Bertz CT molecular complexity index is 1550. The van der Waals surface area contributed by atoms with Crippen molar-refractivity contribution in [1.29, 1.82) is 0 Å². The standard InChI is InChI=1S/C26H29F3N8O2.C2HF3O2/c1-30-23-32-24(36-11-9-35(2)10-12-36)34-25(33-23)37-15-19-8-7-17(13-20(19)16-37)22(38)31-14-18-5-3-4-6-21(18)39-26(27,28)29;3-2(4,5)1(6)7/h3-8,13H,9-12,14-16H2,1-2H3,(H,31,38)(H,30,32,33,34);(H,6,7). The fourth-order valence-electron chi connectivity index (χ4n) is 4.58. The lowest BCUT2D eigenvalue weighted by Gasteiger charge is -2.32. The van der Waals surface area contributed by atoms with Gasteiger partial charge in [-0.2, -0.15) is 28.1 Å². The number of carboxylic acids is 1. The number of ether oxygens (including phenoxy) is 1. The van der Waals surface area contributed by atoms with Gasteiger partial charge in [-0.15, -0.1) is 13.2 Å². The molecule has 0 spiro atoms. The first kappa shape index (κ1) is 34.0. The number of nitrogens with one attached hydrogen (secondary N) is 2. The number of carbonyl (C=O) groups excluding carboxylic acids is 1. The maximum Gasteiger partial charge on any atom is 0.573 e. The number of halogens is 6. The summed E-state index contributed by atoms with van der Waals surface area (Å²) in [7, 11) is 3.86. The van der Waals surface area contributed by atoms with Gasteiger partial charge >= 0.3 is 18.5 Å². The number of hydrogen-bond acceptors (Lipinski definition) is 10. The summed E-state index contributed by atoms with van der Waals surface area (Å²) in [5, 5.41) is 12.8. The molecule has 1 amide bonds.